The van der Waals surface area contributed by atoms with E-state index in [0.29, 0.717) is 36.9 Å². The largest absolute Gasteiger partial charge is 0.461 e. The first-order chi connectivity index (χ1) is 13.7. The van der Waals surface area contributed by atoms with Crippen molar-refractivity contribution >= 4 is 11.9 Å². The second-order valence-electron chi connectivity index (χ2n) is 6.88. The van der Waals surface area contributed by atoms with Crippen molar-refractivity contribution in [2.45, 2.75) is 32.6 Å². The predicted octanol–water partition coefficient (Wildman–Crippen LogP) is 1.42. The average molecular weight is 387 g/mol. The Labute approximate surface area is 165 Å². The highest BCUT2D eigenvalue weighted by atomic mass is 16.3. The molecule has 2 aromatic heterocycles. The molecule has 1 saturated heterocycles. The maximum atomic E-state index is 11.6. The number of H-pyrrole nitrogens is 1. The van der Waals surface area contributed by atoms with Gasteiger partial charge in [0.05, 0.1) is 6.26 Å². The summed E-state index contributed by atoms with van der Waals surface area (Å²) < 4.78 is 5.31. The van der Waals surface area contributed by atoms with Crippen LogP contribution in [0.4, 0.5) is 0 Å². The minimum Gasteiger partial charge on any atom is -0.461 e. The molecule has 1 aliphatic rings. The Balaban J connectivity index is 1.51. The molecule has 9 heteroatoms. The van der Waals surface area contributed by atoms with Crippen LogP contribution < -0.4 is 10.6 Å². The SMILES string of the molecule is CCNC(=NCCc1nc(-c2ccco2)n[nH]1)N1CCC(CC(=O)NC)CC1. The Bertz CT molecular complexity index is 761. The molecule has 0 radical (unpaired) electrons. The number of nitrogens with zero attached hydrogens (tertiary/aromatic N) is 4. The van der Waals surface area contributed by atoms with Gasteiger partial charge < -0.3 is 20.0 Å². The van der Waals surface area contributed by atoms with Crippen molar-refractivity contribution in [3.05, 3.63) is 24.2 Å². The maximum absolute atomic E-state index is 11.6. The molecule has 0 spiro atoms. The van der Waals surface area contributed by atoms with Gasteiger partial charge in [0.15, 0.2) is 11.7 Å². The Morgan fingerprint density at radius 2 is 2.25 bits per heavy atom. The fourth-order valence-electron chi connectivity index (χ4n) is 3.33. The molecule has 9 nitrogen and oxygen atoms in total. The first-order valence-electron chi connectivity index (χ1n) is 9.88. The zero-order valence-electron chi connectivity index (χ0n) is 16.6. The molecule has 1 aliphatic heterocycles. The lowest BCUT2D eigenvalue weighted by Crippen LogP contribution is -2.46. The van der Waals surface area contributed by atoms with E-state index in [2.05, 4.69) is 37.6 Å². The first kappa shape index (κ1) is 19.9. The molecule has 0 aliphatic carbocycles. The third-order valence-corrected chi connectivity index (χ3v) is 4.89. The summed E-state index contributed by atoms with van der Waals surface area (Å²) in [6.45, 7) is 5.34. The molecule has 3 rings (SSSR count). The van der Waals surface area contributed by atoms with E-state index in [9.17, 15) is 4.79 Å². The number of hydrogen-bond acceptors (Lipinski definition) is 5. The van der Waals surface area contributed by atoms with Gasteiger partial charge >= 0.3 is 0 Å². The number of carbonyl (C=O) groups is 1. The van der Waals surface area contributed by atoms with Crippen LogP contribution in [0.5, 0.6) is 0 Å². The number of rotatable bonds is 7. The summed E-state index contributed by atoms with van der Waals surface area (Å²) >= 11 is 0. The summed E-state index contributed by atoms with van der Waals surface area (Å²) in [7, 11) is 1.69. The fourth-order valence-corrected chi connectivity index (χ4v) is 3.33. The fraction of sp³-hybridized carbons (Fsp3) is 0.579. The number of piperidine rings is 1. The molecule has 0 unspecified atom stereocenters. The summed E-state index contributed by atoms with van der Waals surface area (Å²) in [4.78, 5) is 23.0. The van der Waals surface area contributed by atoms with E-state index in [1.54, 1.807) is 13.3 Å². The van der Waals surface area contributed by atoms with E-state index in [0.717, 1.165) is 44.3 Å². The van der Waals surface area contributed by atoms with Crippen molar-refractivity contribution in [1.82, 2.24) is 30.7 Å². The van der Waals surface area contributed by atoms with Crippen molar-refractivity contribution < 1.29 is 9.21 Å². The summed E-state index contributed by atoms with van der Waals surface area (Å²) in [5, 5.41) is 13.2. The monoisotopic (exact) mass is 387 g/mol. The highest BCUT2D eigenvalue weighted by Crippen LogP contribution is 2.20. The molecule has 1 amide bonds. The van der Waals surface area contributed by atoms with Gasteiger partial charge in [-0.05, 0) is 37.8 Å². The molecule has 1 fully saturated rings. The van der Waals surface area contributed by atoms with Crippen molar-refractivity contribution in [2.75, 3.05) is 33.2 Å². The van der Waals surface area contributed by atoms with Crippen LogP contribution >= 0.6 is 0 Å². The maximum Gasteiger partial charge on any atom is 0.220 e. The molecule has 0 bridgehead atoms. The van der Waals surface area contributed by atoms with Crippen LogP contribution in [0.3, 0.4) is 0 Å². The number of nitrogens with one attached hydrogen (secondary N) is 3. The van der Waals surface area contributed by atoms with Crippen LogP contribution in [0.1, 0.15) is 32.0 Å². The minimum absolute atomic E-state index is 0.125. The predicted molar refractivity (Wildman–Crippen MR) is 107 cm³/mol. The number of amides is 1. The second kappa shape index (κ2) is 9.91. The van der Waals surface area contributed by atoms with Gasteiger partial charge in [-0.1, -0.05) is 0 Å². The number of aromatic amines is 1. The molecule has 3 heterocycles. The third kappa shape index (κ3) is 5.34. The summed E-state index contributed by atoms with van der Waals surface area (Å²) in [6.07, 6.45) is 4.91. The van der Waals surface area contributed by atoms with Crippen LogP contribution in [0.15, 0.2) is 27.8 Å². The van der Waals surface area contributed by atoms with Gasteiger partial charge in [0.1, 0.15) is 5.82 Å². The van der Waals surface area contributed by atoms with Crippen LogP contribution in [-0.4, -0.2) is 65.2 Å². The summed E-state index contributed by atoms with van der Waals surface area (Å²) in [5.41, 5.74) is 0. The lowest BCUT2D eigenvalue weighted by atomic mass is 9.93. The van der Waals surface area contributed by atoms with Gasteiger partial charge in [0.2, 0.25) is 11.7 Å². The molecule has 3 N–H and O–H groups in total. The highest BCUT2D eigenvalue weighted by Gasteiger charge is 2.23. The van der Waals surface area contributed by atoms with Crippen LogP contribution in [-0.2, 0) is 11.2 Å². The molecular weight excluding hydrogens is 358 g/mol. The number of likely N-dealkylation sites (tertiary alicyclic amines) is 1. The quantitative estimate of drug-likeness (QED) is 0.489. The molecule has 0 saturated carbocycles. The molecule has 152 valence electrons. The van der Waals surface area contributed by atoms with E-state index in [-0.39, 0.29) is 5.91 Å². The number of carbonyl (C=O) groups excluding carboxylic acids is 1. The molecule has 28 heavy (non-hydrogen) atoms. The topological polar surface area (TPSA) is 111 Å². The van der Waals surface area contributed by atoms with Gasteiger partial charge in [-0.15, -0.1) is 0 Å². The average Bonchev–Trinajstić information content (AvgIpc) is 3.40. The van der Waals surface area contributed by atoms with Crippen LogP contribution in [0.25, 0.3) is 11.6 Å². The lowest BCUT2D eigenvalue weighted by molar-refractivity contribution is -0.121. The molecular formula is C19H29N7O2. The lowest BCUT2D eigenvalue weighted by Gasteiger charge is -2.34. The van der Waals surface area contributed by atoms with Crippen LogP contribution in [0, 0.1) is 5.92 Å². The Morgan fingerprint density at radius 1 is 1.43 bits per heavy atom. The number of furan rings is 1. The highest BCUT2D eigenvalue weighted by molar-refractivity contribution is 5.80. The first-order valence-corrected chi connectivity index (χ1v) is 9.88. The Morgan fingerprint density at radius 3 is 2.93 bits per heavy atom. The number of hydrogen-bond donors (Lipinski definition) is 3. The third-order valence-electron chi connectivity index (χ3n) is 4.89. The van der Waals surface area contributed by atoms with Gasteiger partial charge in [-0.2, -0.15) is 5.10 Å². The Kier molecular flexibility index (Phi) is 7.05. The minimum atomic E-state index is 0.125. The number of aliphatic imine (C=N–C) groups is 1. The van der Waals surface area contributed by atoms with Gasteiger partial charge in [0.25, 0.3) is 0 Å². The van der Waals surface area contributed by atoms with Crippen molar-refractivity contribution in [1.29, 1.82) is 0 Å². The second-order valence-corrected chi connectivity index (χ2v) is 6.88. The number of guanidine groups is 1. The molecule has 0 aromatic carbocycles. The van der Waals surface area contributed by atoms with Gasteiger partial charge in [0, 0.05) is 46.1 Å². The van der Waals surface area contributed by atoms with E-state index in [1.165, 1.54) is 0 Å². The molecule has 0 atom stereocenters. The van der Waals surface area contributed by atoms with E-state index >= 15 is 0 Å². The van der Waals surface area contributed by atoms with Crippen molar-refractivity contribution in [3.8, 4) is 11.6 Å². The Hall–Kier alpha value is -2.84. The number of aromatic nitrogens is 3. The zero-order chi connectivity index (χ0) is 19.8. The molecule has 2 aromatic rings. The van der Waals surface area contributed by atoms with Crippen LogP contribution in [0.2, 0.25) is 0 Å². The normalized spacial score (nSPS) is 15.6. The van der Waals surface area contributed by atoms with Gasteiger partial charge in [-0.25, -0.2) is 4.98 Å². The smallest absolute Gasteiger partial charge is 0.220 e. The summed E-state index contributed by atoms with van der Waals surface area (Å²) in [5.74, 6) is 3.50. The zero-order valence-corrected chi connectivity index (χ0v) is 16.6. The standard InChI is InChI=1S/C19H29N7O2/c1-3-21-19(26-10-7-14(8-11-26)13-17(27)20-2)22-9-6-16-23-18(25-24-16)15-5-4-12-28-15/h4-5,12,14H,3,6-11,13H2,1-2H3,(H,20,27)(H,21,22)(H,23,24,25). The van der Waals surface area contributed by atoms with E-state index < -0.39 is 0 Å². The van der Waals surface area contributed by atoms with Gasteiger partial charge in [-0.3, -0.25) is 14.9 Å². The van der Waals surface area contributed by atoms with Crippen molar-refractivity contribution in [2.24, 2.45) is 10.9 Å². The van der Waals surface area contributed by atoms with Crippen molar-refractivity contribution in [3.63, 3.8) is 0 Å². The summed E-state index contributed by atoms with van der Waals surface area (Å²) in [6, 6.07) is 3.65. The van der Waals surface area contributed by atoms with E-state index in [4.69, 9.17) is 9.41 Å². The van der Waals surface area contributed by atoms with E-state index in [1.807, 2.05) is 12.1 Å².